The van der Waals surface area contributed by atoms with Crippen molar-refractivity contribution in [1.29, 1.82) is 0 Å². The number of nitrogens with one attached hydrogen (secondary N) is 1. The van der Waals surface area contributed by atoms with E-state index in [-0.39, 0.29) is 29.9 Å². The molecule has 0 bridgehead atoms. The summed E-state index contributed by atoms with van der Waals surface area (Å²) in [6.07, 6.45) is 2.98. The second kappa shape index (κ2) is 5.25. The first kappa shape index (κ1) is 13.1. The standard InChI is InChI=1S/C15H18N2O3/c16-10-7-12(8-10)20-11-3-1-9(2-4-11)13-5-6-14(18)17-15(13)19/h1-4,10,12-13H,5-8,16H2,(H,17,18,19)/t10-,12-,13?. The predicted molar refractivity (Wildman–Crippen MR) is 73.2 cm³/mol. The summed E-state index contributed by atoms with van der Waals surface area (Å²) >= 11 is 0. The third-order valence-corrected chi connectivity index (χ3v) is 3.96. The molecule has 5 heteroatoms. The van der Waals surface area contributed by atoms with E-state index in [1.165, 1.54) is 0 Å². The van der Waals surface area contributed by atoms with Crippen LogP contribution in [0.3, 0.4) is 0 Å². The summed E-state index contributed by atoms with van der Waals surface area (Å²) in [5, 5.41) is 2.37. The number of nitrogens with two attached hydrogens (primary N) is 1. The average Bonchev–Trinajstić information content (AvgIpc) is 2.38. The van der Waals surface area contributed by atoms with Gasteiger partial charge in [0.25, 0.3) is 0 Å². The predicted octanol–water partition coefficient (Wildman–Crippen LogP) is 1.08. The molecule has 1 atom stereocenters. The number of hydrogen-bond acceptors (Lipinski definition) is 4. The van der Waals surface area contributed by atoms with Crippen LogP contribution in [0.1, 0.15) is 37.2 Å². The van der Waals surface area contributed by atoms with Gasteiger partial charge in [-0.25, -0.2) is 0 Å². The minimum atomic E-state index is -0.237. The van der Waals surface area contributed by atoms with Crippen molar-refractivity contribution >= 4 is 11.8 Å². The van der Waals surface area contributed by atoms with Crippen LogP contribution in [0.25, 0.3) is 0 Å². The number of ether oxygens (including phenoxy) is 1. The van der Waals surface area contributed by atoms with Gasteiger partial charge in [0.1, 0.15) is 11.9 Å². The number of benzene rings is 1. The van der Waals surface area contributed by atoms with E-state index in [0.29, 0.717) is 12.8 Å². The summed E-state index contributed by atoms with van der Waals surface area (Å²) in [5.41, 5.74) is 6.64. The van der Waals surface area contributed by atoms with E-state index in [2.05, 4.69) is 5.32 Å². The van der Waals surface area contributed by atoms with E-state index in [9.17, 15) is 9.59 Å². The van der Waals surface area contributed by atoms with Gasteiger partial charge in [0.15, 0.2) is 0 Å². The highest BCUT2D eigenvalue weighted by molar-refractivity contribution is 6.00. The van der Waals surface area contributed by atoms with Crippen molar-refractivity contribution in [2.45, 2.75) is 43.7 Å². The molecule has 2 amide bonds. The van der Waals surface area contributed by atoms with Crippen LogP contribution in [0.4, 0.5) is 0 Å². The van der Waals surface area contributed by atoms with Crippen molar-refractivity contribution in [3.05, 3.63) is 29.8 Å². The first-order valence-corrected chi connectivity index (χ1v) is 6.97. The lowest BCUT2D eigenvalue weighted by Crippen LogP contribution is -2.43. The van der Waals surface area contributed by atoms with Crippen molar-refractivity contribution in [3.63, 3.8) is 0 Å². The first-order chi connectivity index (χ1) is 9.61. The van der Waals surface area contributed by atoms with Crippen molar-refractivity contribution < 1.29 is 14.3 Å². The molecule has 3 rings (SSSR count). The third-order valence-electron chi connectivity index (χ3n) is 3.96. The summed E-state index contributed by atoms with van der Waals surface area (Å²) in [7, 11) is 0. The smallest absolute Gasteiger partial charge is 0.234 e. The van der Waals surface area contributed by atoms with E-state index in [4.69, 9.17) is 10.5 Å². The Bertz CT molecular complexity index is 520. The minimum Gasteiger partial charge on any atom is -0.490 e. The fourth-order valence-electron chi connectivity index (χ4n) is 2.69. The molecule has 1 saturated carbocycles. The van der Waals surface area contributed by atoms with E-state index >= 15 is 0 Å². The molecule has 106 valence electrons. The second-order valence-electron chi connectivity index (χ2n) is 5.54. The second-order valence-corrected chi connectivity index (χ2v) is 5.54. The molecule has 20 heavy (non-hydrogen) atoms. The first-order valence-electron chi connectivity index (χ1n) is 6.97. The monoisotopic (exact) mass is 274 g/mol. The molecule has 2 aliphatic rings. The topological polar surface area (TPSA) is 81.4 Å². The Labute approximate surface area is 117 Å². The van der Waals surface area contributed by atoms with Crippen molar-refractivity contribution in [2.75, 3.05) is 0 Å². The maximum Gasteiger partial charge on any atom is 0.234 e. The Balaban J connectivity index is 1.63. The van der Waals surface area contributed by atoms with Gasteiger partial charge in [-0.3, -0.25) is 14.9 Å². The van der Waals surface area contributed by atoms with Crippen molar-refractivity contribution in [3.8, 4) is 5.75 Å². The fourth-order valence-corrected chi connectivity index (χ4v) is 2.69. The minimum absolute atomic E-state index is 0.187. The molecule has 1 saturated heterocycles. The van der Waals surface area contributed by atoms with Gasteiger partial charge in [0.05, 0.1) is 5.92 Å². The normalized spacial score (nSPS) is 29.6. The van der Waals surface area contributed by atoms with Gasteiger partial charge >= 0.3 is 0 Å². The van der Waals surface area contributed by atoms with Crippen LogP contribution < -0.4 is 15.8 Å². The SMILES string of the molecule is N[C@H]1C[C@H](Oc2ccc(C3CCC(=O)NC3=O)cc2)C1. The Kier molecular flexibility index (Phi) is 3.44. The number of hydrogen-bond donors (Lipinski definition) is 2. The van der Waals surface area contributed by atoms with E-state index < -0.39 is 0 Å². The zero-order valence-corrected chi connectivity index (χ0v) is 11.2. The lowest BCUT2D eigenvalue weighted by molar-refractivity contribution is -0.134. The molecular formula is C15H18N2O3. The summed E-state index contributed by atoms with van der Waals surface area (Å²) < 4.78 is 5.77. The molecule has 1 aromatic rings. The largest absolute Gasteiger partial charge is 0.490 e. The fraction of sp³-hybridized carbons (Fsp3) is 0.467. The summed E-state index contributed by atoms with van der Waals surface area (Å²) in [5.74, 6) is 0.171. The molecule has 1 aliphatic carbocycles. The lowest BCUT2D eigenvalue weighted by Gasteiger charge is -2.32. The zero-order valence-electron chi connectivity index (χ0n) is 11.2. The molecule has 2 fully saturated rings. The highest BCUT2D eigenvalue weighted by atomic mass is 16.5. The highest BCUT2D eigenvalue weighted by Crippen LogP contribution is 2.28. The molecule has 1 heterocycles. The molecular weight excluding hydrogens is 256 g/mol. The summed E-state index contributed by atoms with van der Waals surface area (Å²) in [6, 6.07) is 7.82. The maximum absolute atomic E-state index is 11.8. The molecule has 1 aliphatic heterocycles. The van der Waals surface area contributed by atoms with Gasteiger partial charge in [-0.1, -0.05) is 12.1 Å². The van der Waals surface area contributed by atoms with Gasteiger partial charge < -0.3 is 10.5 Å². The van der Waals surface area contributed by atoms with E-state index in [1.54, 1.807) is 0 Å². The quantitative estimate of drug-likeness (QED) is 0.808. The van der Waals surface area contributed by atoms with Gasteiger partial charge in [0.2, 0.25) is 11.8 Å². The average molecular weight is 274 g/mol. The number of piperidine rings is 1. The highest BCUT2D eigenvalue weighted by Gasteiger charge is 2.29. The number of carbonyl (C=O) groups is 2. The van der Waals surface area contributed by atoms with Crippen LogP contribution in [-0.2, 0) is 9.59 Å². The van der Waals surface area contributed by atoms with E-state index in [1.807, 2.05) is 24.3 Å². The van der Waals surface area contributed by atoms with Crippen LogP contribution in [0.2, 0.25) is 0 Å². The number of amides is 2. The Morgan fingerprint density at radius 1 is 1.15 bits per heavy atom. The Morgan fingerprint density at radius 2 is 1.85 bits per heavy atom. The summed E-state index contributed by atoms with van der Waals surface area (Å²) in [6.45, 7) is 0. The molecule has 0 radical (unpaired) electrons. The Morgan fingerprint density at radius 3 is 2.45 bits per heavy atom. The van der Waals surface area contributed by atoms with Crippen molar-refractivity contribution in [2.24, 2.45) is 5.73 Å². The third kappa shape index (κ3) is 2.67. The molecule has 3 N–H and O–H groups in total. The molecule has 0 spiro atoms. The number of imide groups is 1. The molecule has 1 aromatic carbocycles. The molecule has 5 nitrogen and oxygen atoms in total. The van der Waals surface area contributed by atoms with Crippen molar-refractivity contribution in [1.82, 2.24) is 5.32 Å². The van der Waals surface area contributed by atoms with Crippen LogP contribution in [0.15, 0.2) is 24.3 Å². The van der Waals surface area contributed by atoms with Gasteiger partial charge in [-0.05, 0) is 37.0 Å². The zero-order chi connectivity index (χ0) is 14.1. The molecule has 1 unspecified atom stereocenters. The Hall–Kier alpha value is -1.88. The molecule has 0 aromatic heterocycles. The van der Waals surface area contributed by atoms with Gasteiger partial charge in [-0.15, -0.1) is 0 Å². The lowest BCUT2D eigenvalue weighted by atomic mass is 9.89. The summed E-state index contributed by atoms with van der Waals surface area (Å²) in [4.78, 5) is 22.9. The van der Waals surface area contributed by atoms with Crippen LogP contribution in [-0.4, -0.2) is 24.0 Å². The number of carbonyl (C=O) groups excluding carboxylic acids is 2. The van der Waals surface area contributed by atoms with Gasteiger partial charge in [-0.2, -0.15) is 0 Å². The maximum atomic E-state index is 11.8. The van der Waals surface area contributed by atoms with Crippen LogP contribution in [0, 0.1) is 0 Å². The van der Waals surface area contributed by atoms with E-state index in [0.717, 1.165) is 24.2 Å². The van der Waals surface area contributed by atoms with Gasteiger partial charge in [0, 0.05) is 12.5 Å². The number of rotatable bonds is 3. The van der Waals surface area contributed by atoms with Crippen LogP contribution in [0.5, 0.6) is 5.75 Å². The van der Waals surface area contributed by atoms with Crippen LogP contribution >= 0.6 is 0 Å².